The Bertz CT molecular complexity index is 544. The van der Waals surface area contributed by atoms with Gasteiger partial charge in [0, 0.05) is 25.6 Å². The molecule has 2 heterocycles. The minimum Gasteiger partial charge on any atom is -0.353 e. The molecule has 0 aliphatic carbocycles. The van der Waals surface area contributed by atoms with Crippen LogP contribution in [0.25, 0.3) is 0 Å². The molecule has 0 aromatic heterocycles. The van der Waals surface area contributed by atoms with E-state index in [0.29, 0.717) is 31.8 Å². The molecule has 21 heavy (non-hydrogen) atoms. The second-order valence-electron chi connectivity index (χ2n) is 5.90. The molecule has 2 unspecified atom stereocenters. The summed E-state index contributed by atoms with van der Waals surface area (Å²) in [6.45, 7) is 1.40. The maximum Gasteiger partial charge on any atom is 0.227 e. The number of nitrogens with one attached hydrogen (secondary N) is 1. The minimum atomic E-state index is -0.287. The quantitative estimate of drug-likeness (QED) is 0.897. The van der Waals surface area contributed by atoms with Gasteiger partial charge in [0.1, 0.15) is 5.82 Å². The molecule has 2 fully saturated rings. The lowest BCUT2D eigenvalue weighted by molar-refractivity contribution is -0.134. The zero-order chi connectivity index (χ0) is 14.8. The SMILES string of the molecule is O=C1CCC2CN(C(=O)Cc3ccc(F)cc3)CCC2N1. The number of amides is 2. The molecule has 2 atom stereocenters. The third kappa shape index (κ3) is 3.23. The Labute approximate surface area is 123 Å². The maximum absolute atomic E-state index is 12.9. The van der Waals surface area contributed by atoms with E-state index in [0.717, 1.165) is 18.4 Å². The number of carbonyl (C=O) groups excluding carboxylic acids is 2. The van der Waals surface area contributed by atoms with Crippen molar-refractivity contribution in [2.45, 2.75) is 31.7 Å². The Kier molecular flexibility index (Phi) is 3.90. The first-order valence-electron chi connectivity index (χ1n) is 7.43. The van der Waals surface area contributed by atoms with E-state index in [4.69, 9.17) is 0 Å². The molecule has 1 N–H and O–H groups in total. The van der Waals surface area contributed by atoms with Crippen molar-refractivity contribution >= 4 is 11.8 Å². The van der Waals surface area contributed by atoms with E-state index >= 15 is 0 Å². The molecular weight excluding hydrogens is 271 g/mol. The first kappa shape index (κ1) is 14.0. The average Bonchev–Trinajstić information content (AvgIpc) is 2.49. The van der Waals surface area contributed by atoms with E-state index < -0.39 is 0 Å². The molecule has 0 bridgehead atoms. The lowest BCUT2D eigenvalue weighted by Crippen LogP contribution is -2.55. The summed E-state index contributed by atoms with van der Waals surface area (Å²) in [6, 6.07) is 6.29. The van der Waals surface area contributed by atoms with Gasteiger partial charge in [0.2, 0.25) is 11.8 Å². The predicted octanol–water partition coefficient (Wildman–Crippen LogP) is 1.50. The Morgan fingerprint density at radius 2 is 2.05 bits per heavy atom. The van der Waals surface area contributed by atoms with Crippen LogP contribution in [0, 0.1) is 11.7 Å². The zero-order valence-electron chi connectivity index (χ0n) is 11.8. The van der Waals surface area contributed by atoms with E-state index in [2.05, 4.69) is 5.32 Å². The summed E-state index contributed by atoms with van der Waals surface area (Å²) < 4.78 is 12.9. The van der Waals surface area contributed by atoms with Gasteiger partial charge in [-0.2, -0.15) is 0 Å². The van der Waals surface area contributed by atoms with Crippen LogP contribution in [0.5, 0.6) is 0 Å². The van der Waals surface area contributed by atoms with Gasteiger partial charge in [0.05, 0.1) is 6.42 Å². The van der Waals surface area contributed by atoms with Crippen LogP contribution in [0.3, 0.4) is 0 Å². The molecule has 1 aromatic carbocycles. The van der Waals surface area contributed by atoms with Crippen LogP contribution in [0.1, 0.15) is 24.8 Å². The Morgan fingerprint density at radius 1 is 1.29 bits per heavy atom. The molecule has 2 aliphatic heterocycles. The minimum absolute atomic E-state index is 0.0805. The maximum atomic E-state index is 12.9. The fraction of sp³-hybridized carbons (Fsp3) is 0.500. The lowest BCUT2D eigenvalue weighted by atomic mass is 9.85. The van der Waals surface area contributed by atoms with Crippen LogP contribution in [0.4, 0.5) is 4.39 Å². The van der Waals surface area contributed by atoms with Crippen LogP contribution >= 0.6 is 0 Å². The molecule has 2 aliphatic rings. The van der Waals surface area contributed by atoms with Crippen LogP contribution in [0.15, 0.2) is 24.3 Å². The number of rotatable bonds is 2. The highest BCUT2D eigenvalue weighted by molar-refractivity contribution is 5.79. The number of carbonyl (C=O) groups is 2. The van der Waals surface area contributed by atoms with Gasteiger partial charge >= 0.3 is 0 Å². The van der Waals surface area contributed by atoms with Crippen molar-refractivity contribution in [1.29, 1.82) is 0 Å². The molecule has 0 saturated carbocycles. The summed E-state index contributed by atoms with van der Waals surface area (Å²) in [5, 5.41) is 3.02. The summed E-state index contributed by atoms with van der Waals surface area (Å²) >= 11 is 0. The van der Waals surface area contributed by atoms with Gasteiger partial charge in [0.25, 0.3) is 0 Å². The monoisotopic (exact) mass is 290 g/mol. The summed E-state index contributed by atoms with van der Waals surface area (Å²) in [6.07, 6.45) is 2.55. The molecule has 0 radical (unpaired) electrons. The second-order valence-corrected chi connectivity index (χ2v) is 5.90. The van der Waals surface area contributed by atoms with Crippen molar-refractivity contribution in [3.8, 4) is 0 Å². The van der Waals surface area contributed by atoms with Crippen molar-refractivity contribution in [2.24, 2.45) is 5.92 Å². The fourth-order valence-electron chi connectivity index (χ4n) is 3.23. The van der Waals surface area contributed by atoms with Crippen molar-refractivity contribution in [1.82, 2.24) is 10.2 Å². The van der Waals surface area contributed by atoms with Crippen molar-refractivity contribution in [3.05, 3.63) is 35.6 Å². The Morgan fingerprint density at radius 3 is 2.81 bits per heavy atom. The van der Waals surface area contributed by atoms with Crippen LogP contribution in [-0.4, -0.2) is 35.8 Å². The van der Waals surface area contributed by atoms with Gasteiger partial charge < -0.3 is 10.2 Å². The highest BCUT2D eigenvalue weighted by Crippen LogP contribution is 2.25. The summed E-state index contributed by atoms with van der Waals surface area (Å²) in [7, 11) is 0. The third-order valence-corrected chi connectivity index (χ3v) is 4.44. The highest BCUT2D eigenvalue weighted by atomic mass is 19.1. The van der Waals surface area contributed by atoms with Crippen molar-refractivity contribution < 1.29 is 14.0 Å². The van der Waals surface area contributed by atoms with Crippen LogP contribution in [0.2, 0.25) is 0 Å². The van der Waals surface area contributed by atoms with E-state index in [1.54, 1.807) is 12.1 Å². The van der Waals surface area contributed by atoms with Crippen molar-refractivity contribution in [2.75, 3.05) is 13.1 Å². The number of likely N-dealkylation sites (tertiary alicyclic amines) is 1. The van der Waals surface area contributed by atoms with E-state index in [9.17, 15) is 14.0 Å². The molecule has 2 saturated heterocycles. The fourth-order valence-corrected chi connectivity index (χ4v) is 3.23. The third-order valence-electron chi connectivity index (χ3n) is 4.44. The number of hydrogen-bond donors (Lipinski definition) is 1. The number of fused-ring (bicyclic) bond motifs is 1. The summed E-state index contributed by atoms with van der Waals surface area (Å²) in [5.74, 6) is 0.290. The van der Waals surface area contributed by atoms with Gasteiger partial charge in [-0.1, -0.05) is 12.1 Å². The number of halogens is 1. The van der Waals surface area contributed by atoms with Gasteiger partial charge in [-0.05, 0) is 36.5 Å². The molecule has 112 valence electrons. The van der Waals surface area contributed by atoms with E-state index in [-0.39, 0.29) is 23.7 Å². The van der Waals surface area contributed by atoms with Gasteiger partial charge in [-0.15, -0.1) is 0 Å². The number of nitrogens with zero attached hydrogens (tertiary/aromatic N) is 1. The molecule has 3 rings (SSSR count). The second kappa shape index (κ2) is 5.84. The van der Waals surface area contributed by atoms with Crippen LogP contribution < -0.4 is 5.32 Å². The first-order valence-corrected chi connectivity index (χ1v) is 7.43. The smallest absolute Gasteiger partial charge is 0.227 e. The molecule has 5 heteroatoms. The zero-order valence-corrected chi connectivity index (χ0v) is 11.8. The molecule has 4 nitrogen and oxygen atoms in total. The highest BCUT2D eigenvalue weighted by Gasteiger charge is 2.35. The van der Waals surface area contributed by atoms with Gasteiger partial charge in [-0.3, -0.25) is 9.59 Å². The van der Waals surface area contributed by atoms with Gasteiger partial charge in [0.15, 0.2) is 0 Å². The number of piperidine rings is 2. The largest absolute Gasteiger partial charge is 0.353 e. The lowest BCUT2D eigenvalue weighted by Gasteiger charge is -2.41. The Balaban J connectivity index is 1.58. The predicted molar refractivity (Wildman–Crippen MR) is 76.0 cm³/mol. The Hall–Kier alpha value is -1.91. The average molecular weight is 290 g/mol. The molecule has 1 aromatic rings. The molecule has 2 amide bonds. The van der Waals surface area contributed by atoms with Crippen molar-refractivity contribution in [3.63, 3.8) is 0 Å². The number of benzene rings is 1. The van der Waals surface area contributed by atoms with E-state index in [1.807, 2.05) is 4.90 Å². The van der Waals surface area contributed by atoms with E-state index in [1.165, 1.54) is 12.1 Å². The first-order chi connectivity index (χ1) is 10.1. The normalized spacial score (nSPS) is 25.2. The molecular formula is C16H19FN2O2. The van der Waals surface area contributed by atoms with Crippen LogP contribution in [-0.2, 0) is 16.0 Å². The standard InChI is InChI=1S/C16H19FN2O2/c17-13-4-1-11(2-5-13)9-16(21)19-8-7-14-12(10-19)3-6-15(20)18-14/h1-2,4-5,12,14H,3,6-10H2,(H,18,20). The summed E-state index contributed by atoms with van der Waals surface area (Å²) in [5.41, 5.74) is 0.834. The number of hydrogen-bond acceptors (Lipinski definition) is 2. The summed E-state index contributed by atoms with van der Waals surface area (Å²) in [4.78, 5) is 25.6. The topological polar surface area (TPSA) is 49.4 Å². The molecule has 0 spiro atoms. The van der Waals surface area contributed by atoms with Gasteiger partial charge in [-0.25, -0.2) is 4.39 Å².